The molecule has 0 saturated heterocycles. The van der Waals surface area contributed by atoms with Crippen molar-refractivity contribution in [2.45, 2.75) is 6.92 Å². The maximum Gasteiger partial charge on any atom is 0.135 e. The van der Waals surface area contributed by atoms with Crippen molar-refractivity contribution >= 4 is 28.2 Å². The van der Waals surface area contributed by atoms with E-state index in [-0.39, 0.29) is 0 Å². The highest BCUT2D eigenvalue weighted by Gasteiger charge is 2.05. The highest BCUT2D eigenvalue weighted by atomic mass is 35.5. The van der Waals surface area contributed by atoms with Gasteiger partial charge in [-0.2, -0.15) is 0 Å². The van der Waals surface area contributed by atoms with Gasteiger partial charge in [0.05, 0.1) is 5.02 Å². The summed E-state index contributed by atoms with van der Waals surface area (Å²) in [6.45, 7) is 2.03. The monoisotopic (exact) mass is 206 g/mol. The molecule has 0 amide bonds. The molecule has 1 N–H and O–H groups in total. The Morgan fingerprint density at radius 1 is 1.36 bits per heavy atom. The van der Waals surface area contributed by atoms with Crippen LogP contribution in [-0.4, -0.2) is 12.0 Å². The number of fused-ring (bicyclic) bond motifs is 1. The second-order valence-electron chi connectivity index (χ2n) is 3.25. The first kappa shape index (κ1) is 9.28. The van der Waals surface area contributed by atoms with E-state index in [2.05, 4.69) is 16.4 Å². The number of nitrogens with zero attached hydrogens (tertiary/aromatic N) is 1. The number of anilines is 1. The highest BCUT2D eigenvalue weighted by Crippen LogP contribution is 2.29. The summed E-state index contributed by atoms with van der Waals surface area (Å²) in [6, 6.07) is 6.02. The third-order valence-electron chi connectivity index (χ3n) is 2.20. The first-order valence-corrected chi connectivity index (χ1v) is 4.83. The lowest BCUT2D eigenvalue weighted by Gasteiger charge is -2.07. The van der Waals surface area contributed by atoms with E-state index in [1.54, 1.807) is 6.20 Å². The van der Waals surface area contributed by atoms with Crippen LogP contribution in [0.1, 0.15) is 5.56 Å². The van der Waals surface area contributed by atoms with Crippen LogP contribution in [0, 0.1) is 6.92 Å². The van der Waals surface area contributed by atoms with Crippen molar-refractivity contribution in [1.29, 1.82) is 0 Å². The van der Waals surface area contributed by atoms with Gasteiger partial charge >= 0.3 is 0 Å². The van der Waals surface area contributed by atoms with Crippen LogP contribution in [0.5, 0.6) is 0 Å². The Bertz CT molecular complexity index is 480. The van der Waals surface area contributed by atoms with E-state index in [9.17, 15) is 0 Å². The van der Waals surface area contributed by atoms with Crippen LogP contribution in [0.2, 0.25) is 5.02 Å². The second-order valence-corrected chi connectivity index (χ2v) is 3.66. The predicted molar refractivity (Wildman–Crippen MR) is 61.0 cm³/mol. The van der Waals surface area contributed by atoms with E-state index in [4.69, 9.17) is 11.6 Å². The van der Waals surface area contributed by atoms with Crippen LogP contribution < -0.4 is 5.32 Å². The predicted octanol–water partition coefficient (Wildman–Crippen LogP) is 3.24. The van der Waals surface area contributed by atoms with Crippen LogP contribution in [0.4, 0.5) is 5.82 Å². The standard InChI is InChI=1S/C11H11ClN2/c1-7-5-8-3-4-14-11(13-2)10(8)9(12)6-7/h3-6H,1-2H3,(H,13,14). The van der Waals surface area contributed by atoms with Gasteiger partial charge in [0.15, 0.2) is 0 Å². The van der Waals surface area contributed by atoms with E-state index in [1.165, 1.54) is 0 Å². The lowest BCUT2D eigenvalue weighted by atomic mass is 10.1. The summed E-state index contributed by atoms with van der Waals surface area (Å²) in [6.07, 6.45) is 1.78. The number of nitrogens with one attached hydrogen (secondary N) is 1. The molecule has 2 aromatic rings. The minimum absolute atomic E-state index is 0.748. The Hall–Kier alpha value is -1.28. The molecule has 0 radical (unpaired) electrons. The average molecular weight is 207 g/mol. The van der Waals surface area contributed by atoms with Gasteiger partial charge in [0.1, 0.15) is 5.82 Å². The Morgan fingerprint density at radius 2 is 2.14 bits per heavy atom. The molecule has 0 fully saturated rings. The van der Waals surface area contributed by atoms with E-state index in [1.807, 2.05) is 26.1 Å². The van der Waals surface area contributed by atoms with E-state index in [0.29, 0.717) is 0 Å². The molecule has 0 bridgehead atoms. The van der Waals surface area contributed by atoms with Crippen LogP contribution in [-0.2, 0) is 0 Å². The number of aromatic nitrogens is 1. The molecule has 1 aromatic carbocycles. The summed E-state index contributed by atoms with van der Waals surface area (Å²) in [5.74, 6) is 0.826. The van der Waals surface area contributed by atoms with Gasteiger partial charge in [-0.3, -0.25) is 0 Å². The summed E-state index contributed by atoms with van der Waals surface area (Å²) < 4.78 is 0. The zero-order valence-electron chi connectivity index (χ0n) is 8.13. The lowest BCUT2D eigenvalue weighted by Crippen LogP contribution is -1.93. The SMILES string of the molecule is CNc1nccc2cc(C)cc(Cl)c12. The highest BCUT2D eigenvalue weighted by molar-refractivity contribution is 6.36. The minimum Gasteiger partial charge on any atom is -0.373 e. The molecule has 0 unspecified atom stereocenters. The molecule has 72 valence electrons. The molecule has 1 aromatic heterocycles. The molecule has 0 aliphatic carbocycles. The summed E-state index contributed by atoms with van der Waals surface area (Å²) in [5, 5.41) is 5.89. The Labute approximate surface area is 87.9 Å². The normalized spacial score (nSPS) is 10.5. The smallest absolute Gasteiger partial charge is 0.135 e. The Balaban J connectivity index is 2.87. The van der Waals surface area contributed by atoms with E-state index < -0.39 is 0 Å². The van der Waals surface area contributed by atoms with Gasteiger partial charge in [0, 0.05) is 18.6 Å². The van der Waals surface area contributed by atoms with Crippen molar-refractivity contribution in [2.75, 3.05) is 12.4 Å². The molecule has 1 heterocycles. The van der Waals surface area contributed by atoms with Crippen molar-refractivity contribution in [3.63, 3.8) is 0 Å². The molecule has 2 rings (SSSR count). The van der Waals surface area contributed by atoms with Gasteiger partial charge in [-0.1, -0.05) is 17.7 Å². The van der Waals surface area contributed by atoms with Gasteiger partial charge in [-0.25, -0.2) is 4.98 Å². The molecule has 0 spiro atoms. The number of hydrogen-bond acceptors (Lipinski definition) is 2. The third kappa shape index (κ3) is 1.42. The molecular weight excluding hydrogens is 196 g/mol. The molecule has 14 heavy (non-hydrogen) atoms. The number of aryl methyl sites for hydroxylation is 1. The molecule has 3 heteroatoms. The van der Waals surface area contributed by atoms with E-state index in [0.717, 1.165) is 27.2 Å². The maximum atomic E-state index is 6.17. The van der Waals surface area contributed by atoms with E-state index >= 15 is 0 Å². The van der Waals surface area contributed by atoms with Gasteiger partial charge in [0.25, 0.3) is 0 Å². The van der Waals surface area contributed by atoms with Crippen molar-refractivity contribution in [1.82, 2.24) is 4.98 Å². The largest absolute Gasteiger partial charge is 0.373 e. The summed E-state index contributed by atoms with van der Waals surface area (Å²) in [4.78, 5) is 4.22. The maximum absolute atomic E-state index is 6.17. The fourth-order valence-corrected chi connectivity index (χ4v) is 1.97. The first-order chi connectivity index (χ1) is 6.72. The quantitative estimate of drug-likeness (QED) is 0.775. The fourth-order valence-electron chi connectivity index (χ4n) is 1.60. The third-order valence-corrected chi connectivity index (χ3v) is 2.49. The Morgan fingerprint density at radius 3 is 2.86 bits per heavy atom. The van der Waals surface area contributed by atoms with Gasteiger partial charge in [0.2, 0.25) is 0 Å². The summed E-state index contributed by atoms with van der Waals surface area (Å²) in [7, 11) is 1.85. The minimum atomic E-state index is 0.748. The van der Waals surface area contributed by atoms with Crippen LogP contribution in [0.25, 0.3) is 10.8 Å². The second kappa shape index (κ2) is 3.46. The van der Waals surface area contributed by atoms with Crippen molar-refractivity contribution in [3.05, 3.63) is 35.0 Å². The molecule has 0 aliphatic rings. The molecule has 0 aliphatic heterocycles. The molecule has 0 atom stereocenters. The summed E-state index contributed by atoms with van der Waals surface area (Å²) >= 11 is 6.17. The van der Waals surface area contributed by atoms with Crippen molar-refractivity contribution in [2.24, 2.45) is 0 Å². The number of halogens is 1. The number of pyridine rings is 1. The first-order valence-electron chi connectivity index (χ1n) is 4.45. The van der Waals surface area contributed by atoms with Gasteiger partial charge in [-0.05, 0) is 30.0 Å². The van der Waals surface area contributed by atoms with Crippen LogP contribution in [0.3, 0.4) is 0 Å². The topological polar surface area (TPSA) is 24.9 Å². The average Bonchev–Trinajstić information content (AvgIpc) is 2.16. The van der Waals surface area contributed by atoms with Gasteiger partial charge < -0.3 is 5.32 Å². The number of rotatable bonds is 1. The van der Waals surface area contributed by atoms with Crippen molar-refractivity contribution < 1.29 is 0 Å². The Kier molecular flexibility index (Phi) is 2.30. The van der Waals surface area contributed by atoms with Crippen LogP contribution in [0.15, 0.2) is 24.4 Å². The number of benzene rings is 1. The zero-order valence-corrected chi connectivity index (χ0v) is 8.89. The lowest BCUT2D eigenvalue weighted by molar-refractivity contribution is 1.31. The molecule has 0 saturated carbocycles. The fraction of sp³-hybridized carbons (Fsp3) is 0.182. The van der Waals surface area contributed by atoms with Gasteiger partial charge in [-0.15, -0.1) is 0 Å². The zero-order chi connectivity index (χ0) is 10.1. The number of hydrogen-bond donors (Lipinski definition) is 1. The van der Waals surface area contributed by atoms with Crippen molar-refractivity contribution in [3.8, 4) is 0 Å². The summed E-state index contributed by atoms with van der Waals surface area (Å²) in [5.41, 5.74) is 1.16. The van der Waals surface area contributed by atoms with Crippen LogP contribution >= 0.6 is 11.6 Å². The molecule has 2 nitrogen and oxygen atoms in total. The molecular formula is C11H11ClN2.